The highest BCUT2D eigenvalue weighted by atomic mass is 32.1. The Labute approximate surface area is 127 Å². The highest BCUT2D eigenvalue weighted by Crippen LogP contribution is 2.30. The zero-order chi connectivity index (χ0) is 14.4. The van der Waals surface area contributed by atoms with E-state index in [1.54, 1.807) is 11.3 Å². The van der Waals surface area contributed by atoms with Crippen LogP contribution in [0.2, 0.25) is 0 Å². The molecule has 0 aromatic carbocycles. The highest BCUT2D eigenvalue weighted by molar-refractivity contribution is 7.07. The molecule has 20 heavy (non-hydrogen) atoms. The fraction of sp³-hybridized carbons (Fsp3) is 0.750. The lowest BCUT2D eigenvalue weighted by molar-refractivity contribution is 0.0785. The predicted octanol–water partition coefficient (Wildman–Crippen LogP) is 2.97. The van der Waals surface area contributed by atoms with Crippen LogP contribution in [0.5, 0.6) is 0 Å². The van der Waals surface area contributed by atoms with E-state index in [1.807, 2.05) is 7.11 Å². The number of nitrogens with zero attached hydrogens (tertiary/aromatic N) is 1. The normalized spacial score (nSPS) is 17.1. The molecule has 0 aliphatic heterocycles. The van der Waals surface area contributed by atoms with Crippen molar-refractivity contribution in [3.8, 4) is 0 Å². The van der Waals surface area contributed by atoms with Crippen LogP contribution in [0.4, 0.5) is 0 Å². The minimum Gasteiger partial charge on any atom is -0.383 e. The first-order valence-corrected chi connectivity index (χ1v) is 8.61. The van der Waals surface area contributed by atoms with Gasteiger partial charge in [0.15, 0.2) is 0 Å². The second-order valence-corrected chi connectivity index (χ2v) is 6.98. The molecule has 1 atom stereocenters. The molecule has 0 spiro atoms. The molecule has 3 nitrogen and oxygen atoms in total. The van der Waals surface area contributed by atoms with Crippen LogP contribution in [0.3, 0.4) is 0 Å². The molecule has 1 saturated carbocycles. The van der Waals surface area contributed by atoms with Gasteiger partial charge in [-0.05, 0) is 47.7 Å². The predicted molar refractivity (Wildman–Crippen MR) is 86.3 cm³/mol. The van der Waals surface area contributed by atoms with Crippen molar-refractivity contribution in [2.45, 2.75) is 45.3 Å². The standard InChI is InChI=1S/C16H28N2OS/c1-13(2)8-17-9-16(11-19-3)18(15-4-5-15)10-14-6-7-20-12-14/h6-7,12-13,15-17H,4-5,8-11H2,1-3H3. The minimum absolute atomic E-state index is 0.478. The number of rotatable bonds is 10. The van der Waals surface area contributed by atoms with Gasteiger partial charge in [-0.2, -0.15) is 11.3 Å². The van der Waals surface area contributed by atoms with Gasteiger partial charge in [0.2, 0.25) is 0 Å². The van der Waals surface area contributed by atoms with Crippen LogP contribution in [0.15, 0.2) is 16.8 Å². The Morgan fingerprint density at radius 2 is 2.20 bits per heavy atom. The Kier molecular flexibility index (Phi) is 6.49. The largest absolute Gasteiger partial charge is 0.383 e. The average Bonchev–Trinajstić information content (AvgIpc) is 3.12. The third kappa shape index (κ3) is 5.17. The fourth-order valence-corrected chi connectivity index (χ4v) is 3.22. The quantitative estimate of drug-likeness (QED) is 0.718. The molecule has 1 unspecified atom stereocenters. The maximum atomic E-state index is 5.46. The Morgan fingerprint density at radius 3 is 2.75 bits per heavy atom. The van der Waals surface area contributed by atoms with Crippen molar-refractivity contribution in [1.29, 1.82) is 0 Å². The summed E-state index contributed by atoms with van der Waals surface area (Å²) in [7, 11) is 1.81. The van der Waals surface area contributed by atoms with Gasteiger partial charge >= 0.3 is 0 Å². The van der Waals surface area contributed by atoms with E-state index >= 15 is 0 Å². The van der Waals surface area contributed by atoms with E-state index in [0.717, 1.165) is 32.3 Å². The van der Waals surface area contributed by atoms with Crippen molar-refractivity contribution >= 4 is 11.3 Å². The summed E-state index contributed by atoms with van der Waals surface area (Å²) in [6.45, 7) is 8.48. The Balaban J connectivity index is 1.91. The molecule has 0 radical (unpaired) electrons. The molecule has 2 rings (SSSR count). The highest BCUT2D eigenvalue weighted by Gasteiger charge is 2.33. The first-order chi connectivity index (χ1) is 9.70. The van der Waals surface area contributed by atoms with E-state index in [4.69, 9.17) is 4.74 Å². The van der Waals surface area contributed by atoms with Crippen LogP contribution in [0.25, 0.3) is 0 Å². The lowest BCUT2D eigenvalue weighted by Gasteiger charge is -2.31. The third-order valence-corrected chi connectivity index (χ3v) is 4.45. The van der Waals surface area contributed by atoms with Crippen molar-refractivity contribution in [2.24, 2.45) is 5.92 Å². The SMILES string of the molecule is COCC(CNCC(C)C)N(Cc1ccsc1)C1CC1. The van der Waals surface area contributed by atoms with Crippen molar-refractivity contribution in [2.75, 3.05) is 26.8 Å². The molecule has 1 N–H and O–H groups in total. The van der Waals surface area contributed by atoms with Gasteiger partial charge in [-0.3, -0.25) is 4.90 Å². The summed E-state index contributed by atoms with van der Waals surface area (Å²) in [6.07, 6.45) is 2.68. The van der Waals surface area contributed by atoms with Gasteiger partial charge in [0.25, 0.3) is 0 Å². The van der Waals surface area contributed by atoms with Crippen molar-refractivity contribution in [1.82, 2.24) is 10.2 Å². The van der Waals surface area contributed by atoms with Gasteiger partial charge in [-0.1, -0.05) is 13.8 Å². The Hall–Kier alpha value is -0.420. The topological polar surface area (TPSA) is 24.5 Å². The van der Waals surface area contributed by atoms with E-state index < -0.39 is 0 Å². The molecular weight excluding hydrogens is 268 g/mol. The smallest absolute Gasteiger partial charge is 0.0630 e. The lowest BCUT2D eigenvalue weighted by Crippen LogP contribution is -2.46. The van der Waals surface area contributed by atoms with Crippen LogP contribution in [0, 0.1) is 5.92 Å². The molecule has 1 aromatic rings. The van der Waals surface area contributed by atoms with Crippen LogP contribution in [0.1, 0.15) is 32.3 Å². The van der Waals surface area contributed by atoms with Crippen molar-refractivity contribution in [3.05, 3.63) is 22.4 Å². The number of hydrogen-bond acceptors (Lipinski definition) is 4. The van der Waals surface area contributed by atoms with Gasteiger partial charge in [0, 0.05) is 32.3 Å². The van der Waals surface area contributed by atoms with E-state index in [9.17, 15) is 0 Å². The van der Waals surface area contributed by atoms with E-state index in [0.29, 0.717) is 12.0 Å². The maximum absolute atomic E-state index is 5.46. The molecule has 4 heteroatoms. The van der Waals surface area contributed by atoms with Crippen LogP contribution in [-0.2, 0) is 11.3 Å². The van der Waals surface area contributed by atoms with E-state index in [2.05, 4.69) is 40.9 Å². The first kappa shape index (κ1) is 16.0. The Bertz CT molecular complexity index is 363. The van der Waals surface area contributed by atoms with Gasteiger partial charge < -0.3 is 10.1 Å². The van der Waals surface area contributed by atoms with Crippen molar-refractivity contribution < 1.29 is 4.74 Å². The van der Waals surface area contributed by atoms with Crippen molar-refractivity contribution in [3.63, 3.8) is 0 Å². The fourth-order valence-electron chi connectivity index (χ4n) is 2.56. The van der Waals surface area contributed by atoms with E-state index in [-0.39, 0.29) is 0 Å². The van der Waals surface area contributed by atoms with E-state index in [1.165, 1.54) is 18.4 Å². The summed E-state index contributed by atoms with van der Waals surface area (Å²) >= 11 is 1.79. The molecule has 1 aliphatic rings. The summed E-state index contributed by atoms with van der Waals surface area (Å²) in [5, 5.41) is 8.03. The molecule has 0 bridgehead atoms. The molecular formula is C16H28N2OS. The van der Waals surface area contributed by atoms with Gasteiger partial charge in [0.05, 0.1) is 6.61 Å². The molecule has 1 aliphatic carbocycles. The molecule has 114 valence electrons. The summed E-state index contributed by atoms with van der Waals surface area (Å²) in [5.41, 5.74) is 1.44. The Morgan fingerprint density at radius 1 is 1.40 bits per heavy atom. The van der Waals surface area contributed by atoms with Crippen LogP contribution < -0.4 is 5.32 Å². The number of ether oxygens (including phenoxy) is 1. The van der Waals surface area contributed by atoms with Crippen LogP contribution >= 0.6 is 11.3 Å². The van der Waals surface area contributed by atoms with Gasteiger partial charge in [0.1, 0.15) is 0 Å². The summed E-state index contributed by atoms with van der Waals surface area (Å²) in [5.74, 6) is 0.699. The zero-order valence-electron chi connectivity index (χ0n) is 13.0. The summed E-state index contributed by atoms with van der Waals surface area (Å²) in [4.78, 5) is 2.64. The summed E-state index contributed by atoms with van der Waals surface area (Å²) < 4.78 is 5.46. The average molecular weight is 296 g/mol. The molecule has 1 heterocycles. The van der Waals surface area contributed by atoms with Gasteiger partial charge in [-0.25, -0.2) is 0 Å². The second-order valence-electron chi connectivity index (χ2n) is 6.20. The third-order valence-electron chi connectivity index (χ3n) is 3.72. The molecule has 0 amide bonds. The zero-order valence-corrected chi connectivity index (χ0v) is 13.8. The lowest BCUT2D eigenvalue weighted by atomic mass is 10.2. The molecule has 0 saturated heterocycles. The molecule has 1 fully saturated rings. The minimum atomic E-state index is 0.478. The summed E-state index contributed by atoms with van der Waals surface area (Å²) in [6, 6.07) is 3.48. The maximum Gasteiger partial charge on any atom is 0.0630 e. The van der Waals surface area contributed by atoms with Gasteiger partial charge in [-0.15, -0.1) is 0 Å². The number of hydrogen-bond donors (Lipinski definition) is 1. The first-order valence-electron chi connectivity index (χ1n) is 7.67. The number of thiophene rings is 1. The number of nitrogens with one attached hydrogen (secondary N) is 1. The monoisotopic (exact) mass is 296 g/mol. The van der Waals surface area contributed by atoms with Crippen LogP contribution in [-0.4, -0.2) is 43.8 Å². The molecule has 1 aromatic heterocycles. The second kappa shape index (κ2) is 8.13. The number of methoxy groups -OCH3 is 1.